The summed E-state index contributed by atoms with van der Waals surface area (Å²) in [6, 6.07) is 1.81. The molecule has 2 aromatic heterocycles. The zero-order chi connectivity index (χ0) is 7.84. The molecule has 0 aromatic carbocycles. The third kappa shape index (κ3) is 0.972. The first-order valence-corrected chi connectivity index (χ1v) is 4.04. The van der Waals surface area contributed by atoms with E-state index in [1.54, 1.807) is 12.3 Å². The van der Waals surface area contributed by atoms with Gasteiger partial charge in [0, 0.05) is 11.1 Å². The standard InChI is InChI=1S/C6H5BN2OS/c7-6-9-3-1-2-8-5(10)4(3)11-6/h1-2H,7H2,(H,8,10). The van der Waals surface area contributed by atoms with Crippen molar-refractivity contribution >= 4 is 34.3 Å². The fourth-order valence-electron chi connectivity index (χ4n) is 0.981. The Morgan fingerprint density at radius 3 is 3.18 bits per heavy atom. The van der Waals surface area contributed by atoms with Gasteiger partial charge in [0.05, 0.1) is 5.52 Å². The average molecular weight is 164 g/mol. The molecule has 0 aliphatic carbocycles. The van der Waals surface area contributed by atoms with Crippen LogP contribution in [0.4, 0.5) is 0 Å². The Labute approximate surface area is 67.5 Å². The van der Waals surface area contributed by atoms with Gasteiger partial charge in [-0.05, 0) is 6.07 Å². The molecule has 0 aliphatic rings. The zero-order valence-corrected chi connectivity index (χ0v) is 6.73. The van der Waals surface area contributed by atoms with Gasteiger partial charge in [0.25, 0.3) is 5.56 Å². The minimum absolute atomic E-state index is 0.0481. The van der Waals surface area contributed by atoms with Crippen molar-refractivity contribution in [1.29, 1.82) is 0 Å². The van der Waals surface area contributed by atoms with Crippen molar-refractivity contribution in [1.82, 2.24) is 9.97 Å². The second-order valence-corrected chi connectivity index (χ2v) is 3.46. The molecular weight excluding hydrogens is 159 g/mol. The molecule has 0 fully saturated rings. The van der Waals surface area contributed by atoms with Gasteiger partial charge < -0.3 is 4.98 Å². The molecule has 54 valence electrons. The monoisotopic (exact) mass is 164 g/mol. The van der Waals surface area contributed by atoms with E-state index in [2.05, 4.69) is 9.97 Å². The van der Waals surface area contributed by atoms with Crippen molar-refractivity contribution in [3.63, 3.8) is 0 Å². The predicted molar refractivity (Wildman–Crippen MR) is 48.4 cm³/mol. The molecule has 0 radical (unpaired) electrons. The summed E-state index contributed by atoms with van der Waals surface area (Å²) in [4.78, 5) is 18.8. The van der Waals surface area contributed by atoms with Crippen LogP contribution >= 0.6 is 11.3 Å². The second kappa shape index (κ2) is 2.20. The Hall–Kier alpha value is -1.10. The highest BCUT2D eigenvalue weighted by Gasteiger charge is 2.01. The first-order valence-electron chi connectivity index (χ1n) is 3.22. The van der Waals surface area contributed by atoms with Crippen LogP contribution in [0.25, 0.3) is 10.2 Å². The molecular formula is C6H5BN2OS. The minimum atomic E-state index is -0.0481. The van der Waals surface area contributed by atoms with E-state index < -0.39 is 0 Å². The predicted octanol–water partition coefficient (Wildman–Crippen LogP) is -0.757. The van der Waals surface area contributed by atoms with Crippen LogP contribution in [0.15, 0.2) is 17.1 Å². The van der Waals surface area contributed by atoms with Crippen LogP contribution in [0, 0.1) is 0 Å². The van der Waals surface area contributed by atoms with E-state index in [1.165, 1.54) is 11.3 Å². The first-order chi connectivity index (χ1) is 5.27. The number of thiazole rings is 1. The SMILES string of the molecule is Bc1nc2cc[nH]c(=O)c2s1. The van der Waals surface area contributed by atoms with E-state index in [0.29, 0.717) is 4.70 Å². The van der Waals surface area contributed by atoms with E-state index in [4.69, 9.17) is 0 Å². The van der Waals surface area contributed by atoms with E-state index in [0.717, 1.165) is 10.4 Å². The molecule has 0 amide bonds. The summed E-state index contributed by atoms with van der Waals surface area (Å²) in [5, 5.41) is 0. The average Bonchev–Trinajstić information content (AvgIpc) is 2.31. The molecule has 0 saturated carbocycles. The largest absolute Gasteiger partial charge is 0.328 e. The smallest absolute Gasteiger partial charge is 0.267 e. The van der Waals surface area contributed by atoms with E-state index in [-0.39, 0.29) is 5.56 Å². The lowest BCUT2D eigenvalue weighted by atomic mass is 10.2. The number of H-pyrrole nitrogens is 1. The molecule has 0 bridgehead atoms. The maximum Gasteiger partial charge on any atom is 0.267 e. The van der Waals surface area contributed by atoms with Crippen LogP contribution in [0.5, 0.6) is 0 Å². The van der Waals surface area contributed by atoms with Gasteiger partial charge in [-0.2, -0.15) is 0 Å². The van der Waals surface area contributed by atoms with Crippen LogP contribution in [0.1, 0.15) is 0 Å². The van der Waals surface area contributed by atoms with Gasteiger partial charge in [0.1, 0.15) is 4.70 Å². The summed E-state index contributed by atoms with van der Waals surface area (Å²) in [6.45, 7) is 0. The van der Waals surface area contributed by atoms with Gasteiger partial charge in [-0.3, -0.25) is 9.78 Å². The van der Waals surface area contributed by atoms with E-state index in [1.807, 2.05) is 7.85 Å². The fraction of sp³-hybridized carbons (Fsp3) is 0. The quantitative estimate of drug-likeness (QED) is 0.520. The number of hydrogen-bond acceptors (Lipinski definition) is 3. The number of hydrogen-bond donors (Lipinski definition) is 1. The highest BCUT2D eigenvalue weighted by atomic mass is 32.1. The molecule has 0 spiro atoms. The number of fused-ring (bicyclic) bond motifs is 1. The number of rotatable bonds is 0. The molecule has 1 N–H and O–H groups in total. The molecule has 2 rings (SSSR count). The summed E-state index contributed by atoms with van der Waals surface area (Å²) >= 11 is 1.42. The molecule has 0 aliphatic heterocycles. The van der Waals surface area contributed by atoms with Gasteiger partial charge in [0.2, 0.25) is 0 Å². The highest BCUT2D eigenvalue weighted by Crippen LogP contribution is 2.07. The van der Waals surface area contributed by atoms with Gasteiger partial charge in [-0.25, -0.2) is 0 Å². The van der Waals surface area contributed by atoms with Crippen molar-refractivity contribution in [3.05, 3.63) is 22.6 Å². The second-order valence-electron chi connectivity index (χ2n) is 2.25. The van der Waals surface area contributed by atoms with Crippen molar-refractivity contribution in [2.45, 2.75) is 0 Å². The van der Waals surface area contributed by atoms with E-state index in [9.17, 15) is 4.79 Å². The molecule has 0 atom stereocenters. The molecule has 2 aromatic rings. The fourth-order valence-corrected chi connectivity index (χ4v) is 1.79. The number of nitrogens with zero attached hydrogens (tertiary/aromatic N) is 1. The maximum atomic E-state index is 11.1. The van der Waals surface area contributed by atoms with Crippen molar-refractivity contribution < 1.29 is 0 Å². The van der Waals surface area contributed by atoms with Crippen LogP contribution in [0.3, 0.4) is 0 Å². The van der Waals surface area contributed by atoms with Gasteiger partial charge in [-0.15, -0.1) is 11.3 Å². The van der Waals surface area contributed by atoms with Crippen molar-refractivity contribution in [2.24, 2.45) is 0 Å². The summed E-state index contributed by atoms with van der Waals surface area (Å²) in [6.07, 6.45) is 1.61. The Morgan fingerprint density at radius 1 is 1.64 bits per heavy atom. The first kappa shape index (κ1) is 6.60. The van der Waals surface area contributed by atoms with Crippen LogP contribution in [-0.2, 0) is 0 Å². The molecule has 5 heteroatoms. The van der Waals surface area contributed by atoms with Gasteiger partial charge in [0.15, 0.2) is 7.85 Å². The molecule has 2 heterocycles. The number of aromatic amines is 1. The van der Waals surface area contributed by atoms with Crippen LogP contribution < -0.4 is 10.5 Å². The zero-order valence-electron chi connectivity index (χ0n) is 5.92. The molecule has 0 unspecified atom stereocenters. The maximum absolute atomic E-state index is 11.1. The Balaban J connectivity index is 3.02. The third-order valence-corrected chi connectivity index (χ3v) is 2.41. The molecule has 3 nitrogen and oxygen atoms in total. The van der Waals surface area contributed by atoms with Gasteiger partial charge in [-0.1, -0.05) is 0 Å². The molecule has 11 heavy (non-hydrogen) atoms. The Kier molecular flexibility index (Phi) is 1.32. The van der Waals surface area contributed by atoms with Crippen molar-refractivity contribution in [3.8, 4) is 0 Å². The van der Waals surface area contributed by atoms with Crippen LogP contribution in [-0.4, -0.2) is 17.8 Å². The number of pyridine rings is 1. The molecule has 0 saturated heterocycles. The lowest BCUT2D eigenvalue weighted by Gasteiger charge is -1.81. The Morgan fingerprint density at radius 2 is 2.45 bits per heavy atom. The highest BCUT2D eigenvalue weighted by molar-refractivity contribution is 7.25. The van der Waals surface area contributed by atoms with Crippen molar-refractivity contribution in [2.75, 3.05) is 0 Å². The van der Waals surface area contributed by atoms with E-state index >= 15 is 0 Å². The van der Waals surface area contributed by atoms with Crippen LogP contribution in [0.2, 0.25) is 0 Å². The topological polar surface area (TPSA) is 45.8 Å². The summed E-state index contributed by atoms with van der Waals surface area (Å²) < 4.78 is 0.713. The van der Waals surface area contributed by atoms with Gasteiger partial charge >= 0.3 is 0 Å². The Bertz CT molecular complexity index is 447. The third-order valence-electron chi connectivity index (χ3n) is 1.42. The minimum Gasteiger partial charge on any atom is -0.328 e. The lowest BCUT2D eigenvalue weighted by molar-refractivity contribution is 1.28. The summed E-state index contributed by atoms with van der Waals surface area (Å²) in [7, 11) is 1.89. The normalized spacial score (nSPS) is 10.5. The summed E-state index contributed by atoms with van der Waals surface area (Å²) in [5.41, 5.74) is 0.740. The lowest BCUT2D eigenvalue weighted by Crippen LogP contribution is -2.01. The number of nitrogens with one attached hydrogen (secondary N) is 1. The summed E-state index contributed by atoms with van der Waals surface area (Å²) in [5.74, 6) is 0. The number of aromatic nitrogens is 2.